The number of aliphatic hydroxyl groups excluding tert-OH is 1. The van der Waals surface area contributed by atoms with Crippen LogP contribution < -0.4 is 0 Å². The third-order valence-corrected chi connectivity index (χ3v) is 7.51. The zero-order chi connectivity index (χ0) is 29.6. The monoisotopic (exact) mass is 480 g/mol. The SMILES string of the molecule is [2H]C([2H])([2H])C(O)(CCC[C@H](C/C=C\C(O)(C(F)(F)F)C(F)(F)F)[C@H]1CC[C@H]2[C@@H](O)CCC[C@]12C)C([2H])([2H])[2H]. The van der Waals surface area contributed by atoms with Crippen molar-refractivity contribution in [2.75, 3.05) is 0 Å². The Morgan fingerprint density at radius 1 is 1.06 bits per heavy atom. The topological polar surface area (TPSA) is 60.7 Å². The first-order valence-electron chi connectivity index (χ1n) is 13.9. The first-order chi connectivity index (χ1) is 16.9. The van der Waals surface area contributed by atoms with Crippen LogP contribution in [0.1, 0.15) is 86.6 Å². The highest BCUT2D eigenvalue weighted by molar-refractivity contribution is 5.11. The first-order valence-corrected chi connectivity index (χ1v) is 10.9. The number of rotatable bonds is 8. The van der Waals surface area contributed by atoms with Crippen LogP contribution in [0.5, 0.6) is 0 Å². The number of allylic oxidation sites excluding steroid dienone is 1. The van der Waals surface area contributed by atoms with E-state index in [0.717, 1.165) is 0 Å². The fraction of sp³-hybridized carbons (Fsp3) is 0.913. The quantitative estimate of drug-likeness (QED) is 0.298. The lowest BCUT2D eigenvalue weighted by Gasteiger charge is -2.46. The van der Waals surface area contributed by atoms with Crippen molar-refractivity contribution < 1.29 is 49.9 Å². The summed E-state index contributed by atoms with van der Waals surface area (Å²) in [5.74, 6) is -1.02. The molecule has 0 aromatic rings. The predicted molar refractivity (Wildman–Crippen MR) is 109 cm³/mol. The van der Waals surface area contributed by atoms with Gasteiger partial charge >= 0.3 is 12.4 Å². The van der Waals surface area contributed by atoms with E-state index in [4.69, 9.17) is 8.22 Å². The number of hydrogen-bond acceptors (Lipinski definition) is 3. The van der Waals surface area contributed by atoms with E-state index in [1.807, 2.05) is 6.92 Å². The zero-order valence-corrected chi connectivity index (χ0v) is 17.9. The molecule has 32 heavy (non-hydrogen) atoms. The molecule has 0 saturated heterocycles. The second-order valence-electron chi connectivity index (χ2n) is 9.67. The minimum atomic E-state index is -6.02. The van der Waals surface area contributed by atoms with Crippen molar-refractivity contribution in [1.29, 1.82) is 0 Å². The molecule has 0 radical (unpaired) electrons. The third kappa shape index (κ3) is 5.81. The van der Waals surface area contributed by atoms with Gasteiger partial charge in [-0.3, -0.25) is 0 Å². The lowest BCUT2D eigenvalue weighted by Crippen LogP contribution is -2.55. The van der Waals surface area contributed by atoms with Crippen molar-refractivity contribution in [2.45, 2.75) is 108 Å². The maximum Gasteiger partial charge on any atom is 0.429 e. The summed E-state index contributed by atoms with van der Waals surface area (Å²) in [7, 11) is 0. The van der Waals surface area contributed by atoms with Gasteiger partial charge in [0.2, 0.25) is 0 Å². The second-order valence-corrected chi connectivity index (χ2v) is 9.67. The molecule has 0 spiro atoms. The lowest BCUT2D eigenvalue weighted by atomic mass is 9.60. The Kier molecular flexibility index (Phi) is 5.76. The summed E-state index contributed by atoms with van der Waals surface area (Å²) in [5.41, 5.74) is -8.59. The fourth-order valence-corrected chi connectivity index (χ4v) is 5.83. The Hall–Kier alpha value is -0.800. The van der Waals surface area contributed by atoms with Gasteiger partial charge < -0.3 is 15.3 Å². The molecule has 2 aliphatic carbocycles. The first kappa shape index (κ1) is 19.5. The number of aliphatic hydroxyl groups is 3. The Morgan fingerprint density at radius 3 is 2.25 bits per heavy atom. The Morgan fingerprint density at radius 2 is 1.69 bits per heavy atom. The summed E-state index contributed by atoms with van der Waals surface area (Å²) in [6.07, 6.45) is -10.5. The van der Waals surface area contributed by atoms with Gasteiger partial charge in [0.1, 0.15) is 0 Å². The standard InChI is InChI=1S/C23H36F6O3/c1-19(2,31)12-4-7-15(8-5-14-21(32,22(24,25)26)23(27,28)29)16-10-11-17-18(30)9-6-13-20(16,17)3/h5,14-18,30-32H,4,6-13H2,1-3H3/b14-5-/t15-,16-,17+,18+,20-/m1/s1/i1D3,2D3. The Balaban J connectivity index is 2.35. The molecule has 2 aliphatic rings. The fourth-order valence-electron chi connectivity index (χ4n) is 5.83. The van der Waals surface area contributed by atoms with E-state index in [9.17, 15) is 41.7 Å². The van der Waals surface area contributed by atoms with Crippen molar-refractivity contribution >= 4 is 0 Å². The number of halogens is 6. The average molecular weight is 481 g/mol. The molecule has 0 aromatic heterocycles. The Bertz CT molecular complexity index is 813. The summed E-state index contributed by atoms with van der Waals surface area (Å²) in [6.45, 7) is -4.61. The van der Waals surface area contributed by atoms with Crippen LogP contribution in [0.3, 0.4) is 0 Å². The van der Waals surface area contributed by atoms with Gasteiger partial charge in [0, 0.05) is 8.22 Å². The largest absolute Gasteiger partial charge is 0.429 e. The molecule has 5 atom stereocenters. The normalized spacial score (nSPS) is 34.8. The van der Waals surface area contributed by atoms with Gasteiger partial charge in [0.25, 0.3) is 5.60 Å². The van der Waals surface area contributed by atoms with Crippen LogP contribution in [0, 0.1) is 23.2 Å². The van der Waals surface area contributed by atoms with Gasteiger partial charge in [-0.2, -0.15) is 26.3 Å². The van der Waals surface area contributed by atoms with Crippen LogP contribution in [0.15, 0.2) is 12.2 Å². The van der Waals surface area contributed by atoms with E-state index >= 15 is 0 Å². The molecule has 0 aliphatic heterocycles. The van der Waals surface area contributed by atoms with Crippen molar-refractivity contribution in [2.24, 2.45) is 23.2 Å². The molecular formula is C23H36F6O3. The van der Waals surface area contributed by atoms with Gasteiger partial charge in [0.15, 0.2) is 0 Å². The molecule has 0 aromatic carbocycles. The van der Waals surface area contributed by atoms with Crippen LogP contribution >= 0.6 is 0 Å². The maximum atomic E-state index is 13.1. The second kappa shape index (κ2) is 9.45. The maximum absolute atomic E-state index is 13.1. The average Bonchev–Trinajstić information content (AvgIpc) is 3.07. The van der Waals surface area contributed by atoms with Gasteiger partial charge in [-0.15, -0.1) is 0 Å². The van der Waals surface area contributed by atoms with E-state index in [1.165, 1.54) is 0 Å². The highest BCUT2D eigenvalue weighted by Gasteiger charge is 2.69. The van der Waals surface area contributed by atoms with Crippen LogP contribution in [0.4, 0.5) is 26.3 Å². The van der Waals surface area contributed by atoms with Crippen molar-refractivity contribution in [3.63, 3.8) is 0 Å². The number of hydrogen-bond donors (Lipinski definition) is 3. The van der Waals surface area contributed by atoms with Crippen molar-refractivity contribution in [3.05, 3.63) is 12.2 Å². The van der Waals surface area contributed by atoms with Crippen molar-refractivity contribution in [1.82, 2.24) is 0 Å². The minimum absolute atomic E-state index is 0.0122. The van der Waals surface area contributed by atoms with E-state index in [1.54, 1.807) is 0 Å². The van der Waals surface area contributed by atoms with Gasteiger partial charge in [0.05, 0.1) is 11.7 Å². The molecule has 2 rings (SSSR count). The highest BCUT2D eigenvalue weighted by Crippen LogP contribution is 2.59. The summed E-state index contributed by atoms with van der Waals surface area (Å²) in [6, 6.07) is 0. The van der Waals surface area contributed by atoms with Crippen LogP contribution in [-0.2, 0) is 0 Å². The zero-order valence-electron chi connectivity index (χ0n) is 23.9. The summed E-state index contributed by atoms with van der Waals surface area (Å²) >= 11 is 0. The lowest BCUT2D eigenvalue weighted by molar-refractivity contribution is -0.347. The molecule has 0 bridgehead atoms. The predicted octanol–water partition coefficient (Wildman–Crippen LogP) is 5.92. The van der Waals surface area contributed by atoms with Crippen LogP contribution in [0.2, 0.25) is 0 Å². The van der Waals surface area contributed by atoms with E-state index < -0.39 is 61.1 Å². The number of alkyl halides is 6. The molecule has 0 unspecified atom stereocenters. The molecule has 188 valence electrons. The summed E-state index contributed by atoms with van der Waals surface area (Å²) in [5, 5.41) is 30.5. The van der Waals surface area contributed by atoms with Crippen LogP contribution in [-0.4, -0.2) is 45.0 Å². The summed E-state index contributed by atoms with van der Waals surface area (Å²) < 4.78 is 124. The third-order valence-electron chi connectivity index (χ3n) is 7.51. The molecule has 3 N–H and O–H groups in total. The summed E-state index contributed by atoms with van der Waals surface area (Å²) in [4.78, 5) is 0. The molecule has 0 amide bonds. The number of fused-ring (bicyclic) bond motifs is 1. The molecule has 2 saturated carbocycles. The molecule has 9 heteroatoms. The molecule has 3 nitrogen and oxygen atoms in total. The smallest absolute Gasteiger partial charge is 0.393 e. The molecule has 0 heterocycles. The highest BCUT2D eigenvalue weighted by atomic mass is 19.4. The van der Waals surface area contributed by atoms with E-state index in [2.05, 4.69) is 0 Å². The van der Waals surface area contributed by atoms with Crippen molar-refractivity contribution in [3.8, 4) is 0 Å². The van der Waals surface area contributed by atoms with E-state index in [0.29, 0.717) is 38.2 Å². The molecule has 2 fully saturated rings. The van der Waals surface area contributed by atoms with Gasteiger partial charge in [-0.25, -0.2) is 0 Å². The van der Waals surface area contributed by atoms with Gasteiger partial charge in [-0.1, -0.05) is 25.8 Å². The Labute approximate surface area is 194 Å². The molecular weight excluding hydrogens is 438 g/mol. The van der Waals surface area contributed by atoms with E-state index in [-0.39, 0.29) is 37.2 Å². The van der Waals surface area contributed by atoms with Gasteiger partial charge in [-0.05, 0) is 87.9 Å². The van der Waals surface area contributed by atoms with Crippen LogP contribution in [0.25, 0.3) is 0 Å². The minimum Gasteiger partial charge on any atom is -0.393 e.